The summed E-state index contributed by atoms with van der Waals surface area (Å²) in [4.78, 5) is 27.9. The standard InChI is InChI=1S/C27H25F2N5O3/c1-13-16(12-30-25(31-13)27(2,3)36)14-8-9-17-18(10-14)34-19-11-20(23(34)32-17)33(4)24(35)15-6-5-7-21(22(15)19)37-26(28)29/h5-10,12,19-20,26,36H,11H2,1-4H3/t19-,20-/m1/s1/i4D3. The fraction of sp³-hybridized carbons (Fsp3) is 0.333. The Morgan fingerprint density at radius 3 is 2.70 bits per heavy atom. The van der Waals surface area contributed by atoms with Crippen LogP contribution in [0.1, 0.15) is 69.7 Å². The van der Waals surface area contributed by atoms with Crippen molar-refractivity contribution in [1.82, 2.24) is 24.4 Å². The smallest absolute Gasteiger partial charge is 0.387 e. The molecule has 0 aliphatic carbocycles. The van der Waals surface area contributed by atoms with Crippen molar-refractivity contribution in [2.75, 3.05) is 6.98 Å². The van der Waals surface area contributed by atoms with Gasteiger partial charge in [0.1, 0.15) is 17.2 Å². The lowest BCUT2D eigenvalue weighted by Gasteiger charge is -2.24. The Balaban J connectivity index is 1.58. The molecule has 8 nitrogen and oxygen atoms in total. The van der Waals surface area contributed by atoms with E-state index >= 15 is 0 Å². The van der Waals surface area contributed by atoms with Crippen molar-refractivity contribution < 1.29 is 27.5 Å². The summed E-state index contributed by atoms with van der Waals surface area (Å²) in [6.07, 6.45) is 1.76. The van der Waals surface area contributed by atoms with Gasteiger partial charge in [-0.2, -0.15) is 8.78 Å². The van der Waals surface area contributed by atoms with Crippen molar-refractivity contribution >= 4 is 16.9 Å². The van der Waals surface area contributed by atoms with Crippen LogP contribution < -0.4 is 4.74 Å². The summed E-state index contributed by atoms with van der Waals surface area (Å²) in [5, 5.41) is 10.3. The monoisotopic (exact) mass is 508 g/mol. The minimum atomic E-state index is -3.14. The summed E-state index contributed by atoms with van der Waals surface area (Å²) in [7, 11) is 0. The van der Waals surface area contributed by atoms with Gasteiger partial charge in [0.25, 0.3) is 5.91 Å². The Morgan fingerprint density at radius 1 is 1.19 bits per heavy atom. The summed E-state index contributed by atoms with van der Waals surface area (Å²) in [5.41, 5.74) is 2.25. The molecule has 6 rings (SSSR count). The number of aliphatic hydroxyl groups is 1. The van der Waals surface area contributed by atoms with E-state index in [0.29, 0.717) is 28.1 Å². The van der Waals surface area contributed by atoms with Gasteiger partial charge in [0.15, 0.2) is 5.82 Å². The van der Waals surface area contributed by atoms with E-state index in [1.807, 2.05) is 16.7 Å². The molecule has 4 aromatic rings. The van der Waals surface area contributed by atoms with Crippen LogP contribution in [0.15, 0.2) is 42.6 Å². The fourth-order valence-electron chi connectivity index (χ4n) is 5.32. The zero-order valence-corrected chi connectivity index (χ0v) is 20.2. The predicted octanol–water partition coefficient (Wildman–Crippen LogP) is 4.75. The number of aryl methyl sites for hydroxylation is 1. The summed E-state index contributed by atoms with van der Waals surface area (Å²) in [6, 6.07) is 8.05. The predicted molar refractivity (Wildman–Crippen MR) is 131 cm³/mol. The number of ether oxygens (including phenoxy) is 1. The van der Waals surface area contributed by atoms with Gasteiger partial charge in [0, 0.05) is 46.1 Å². The molecule has 2 atom stereocenters. The van der Waals surface area contributed by atoms with Gasteiger partial charge in [0.05, 0.1) is 23.1 Å². The van der Waals surface area contributed by atoms with Crippen molar-refractivity contribution in [3.05, 3.63) is 71.1 Å². The molecule has 0 unspecified atom stereocenters. The van der Waals surface area contributed by atoms with Crippen LogP contribution in [0.5, 0.6) is 5.75 Å². The molecule has 0 saturated carbocycles. The number of amides is 1. The van der Waals surface area contributed by atoms with Gasteiger partial charge in [-0.15, -0.1) is 0 Å². The number of carbonyl (C=O) groups excluding carboxylic acids is 1. The fourth-order valence-corrected chi connectivity index (χ4v) is 5.32. The van der Waals surface area contributed by atoms with E-state index in [1.54, 1.807) is 33.0 Å². The maximum atomic E-state index is 13.6. The Morgan fingerprint density at radius 2 is 2.00 bits per heavy atom. The molecule has 1 amide bonds. The van der Waals surface area contributed by atoms with Crippen molar-refractivity contribution in [1.29, 1.82) is 0 Å². The molecule has 2 bridgehead atoms. The SMILES string of the molecule is [2H]C([2H])([2H])N1C(=O)c2cccc(OC(F)F)c2[C@H]2C[C@@H]1c1nc3ccc(-c4cnc(C(C)(C)O)nc4C)cc3n12. The molecule has 37 heavy (non-hydrogen) atoms. The molecule has 2 aliphatic rings. The molecule has 2 aromatic heterocycles. The number of hydrogen-bond donors (Lipinski definition) is 1. The van der Waals surface area contributed by atoms with Gasteiger partial charge in [0.2, 0.25) is 0 Å². The number of fused-ring (bicyclic) bond motifs is 9. The first kappa shape index (κ1) is 20.2. The van der Waals surface area contributed by atoms with E-state index < -0.39 is 37.2 Å². The van der Waals surface area contributed by atoms with Crippen LogP contribution in [0.3, 0.4) is 0 Å². The molecule has 2 aliphatic heterocycles. The highest BCUT2D eigenvalue weighted by Gasteiger charge is 2.45. The zero-order valence-electron chi connectivity index (χ0n) is 23.2. The topological polar surface area (TPSA) is 93.4 Å². The van der Waals surface area contributed by atoms with Gasteiger partial charge in [-0.3, -0.25) is 4.79 Å². The molecular formula is C27H25F2N5O3. The molecule has 0 fully saturated rings. The highest BCUT2D eigenvalue weighted by Crippen LogP contribution is 2.50. The normalized spacial score (nSPS) is 20.4. The van der Waals surface area contributed by atoms with Gasteiger partial charge in [-0.1, -0.05) is 12.1 Å². The Hall–Kier alpha value is -3.92. The van der Waals surface area contributed by atoms with Crippen molar-refractivity contribution in [2.45, 2.75) is 51.5 Å². The van der Waals surface area contributed by atoms with E-state index in [1.165, 1.54) is 18.2 Å². The largest absolute Gasteiger partial charge is 0.434 e. The van der Waals surface area contributed by atoms with Crippen LogP contribution in [0.4, 0.5) is 8.78 Å². The number of halogens is 2. The number of carbonyl (C=O) groups is 1. The number of alkyl halides is 2. The minimum Gasteiger partial charge on any atom is -0.434 e. The van der Waals surface area contributed by atoms with Crippen molar-refractivity contribution in [3.8, 4) is 16.9 Å². The quantitative estimate of drug-likeness (QED) is 0.428. The third kappa shape index (κ3) is 3.58. The summed E-state index contributed by atoms with van der Waals surface area (Å²) < 4.78 is 57.9. The lowest BCUT2D eigenvalue weighted by atomic mass is 9.97. The van der Waals surface area contributed by atoms with Crippen molar-refractivity contribution in [2.24, 2.45) is 0 Å². The highest BCUT2D eigenvalue weighted by atomic mass is 19.3. The van der Waals surface area contributed by atoms with Gasteiger partial charge in [-0.05, 0) is 50.6 Å². The summed E-state index contributed by atoms with van der Waals surface area (Å²) in [6.45, 7) is -0.941. The summed E-state index contributed by atoms with van der Waals surface area (Å²) in [5.74, 6) is -0.345. The van der Waals surface area contributed by atoms with Crippen LogP contribution in [0.25, 0.3) is 22.2 Å². The molecule has 1 N–H and O–H groups in total. The maximum Gasteiger partial charge on any atom is 0.387 e. The van der Waals surface area contributed by atoms with Crippen LogP contribution >= 0.6 is 0 Å². The second-order valence-corrected chi connectivity index (χ2v) is 9.83. The number of rotatable bonds is 4. The molecule has 190 valence electrons. The molecular weight excluding hydrogens is 480 g/mol. The second kappa shape index (κ2) is 8.04. The van der Waals surface area contributed by atoms with Gasteiger partial charge >= 0.3 is 6.61 Å². The van der Waals surface area contributed by atoms with E-state index in [2.05, 4.69) is 9.97 Å². The molecule has 10 heteroatoms. The van der Waals surface area contributed by atoms with Crippen LogP contribution in [0.2, 0.25) is 0 Å². The lowest BCUT2D eigenvalue weighted by Crippen LogP contribution is -2.30. The first-order valence-corrected chi connectivity index (χ1v) is 11.8. The average Bonchev–Trinajstić information content (AvgIpc) is 3.35. The minimum absolute atomic E-state index is 0.00289. The first-order valence-electron chi connectivity index (χ1n) is 13.3. The van der Waals surface area contributed by atoms with Gasteiger partial charge < -0.3 is 19.3 Å². The van der Waals surface area contributed by atoms with Gasteiger partial charge in [-0.25, -0.2) is 15.0 Å². The number of nitrogens with zero attached hydrogens (tertiary/aromatic N) is 5. The zero-order chi connectivity index (χ0) is 28.7. The van der Waals surface area contributed by atoms with E-state index in [0.717, 1.165) is 10.5 Å². The third-order valence-corrected chi connectivity index (χ3v) is 6.99. The molecule has 0 spiro atoms. The van der Waals surface area contributed by atoms with E-state index in [9.17, 15) is 18.7 Å². The number of aromatic nitrogens is 4. The Labute approximate surface area is 215 Å². The van der Waals surface area contributed by atoms with Crippen LogP contribution in [-0.2, 0) is 5.60 Å². The molecule has 4 heterocycles. The van der Waals surface area contributed by atoms with Crippen molar-refractivity contribution in [3.63, 3.8) is 0 Å². The highest BCUT2D eigenvalue weighted by molar-refractivity contribution is 5.98. The van der Waals surface area contributed by atoms with Crippen LogP contribution in [0, 0.1) is 6.92 Å². The van der Waals surface area contributed by atoms with E-state index in [4.69, 9.17) is 13.8 Å². The second-order valence-electron chi connectivity index (χ2n) is 9.83. The van der Waals surface area contributed by atoms with E-state index in [-0.39, 0.29) is 29.1 Å². The Kier molecular flexibility index (Phi) is 4.38. The molecule has 0 saturated heterocycles. The molecule has 0 radical (unpaired) electrons. The number of imidazole rings is 1. The maximum absolute atomic E-state index is 13.6. The third-order valence-electron chi connectivity index (χ3n) is 6.99. The Bertz CT molecular complexity index is 1680. The number of hydrogen-bond acceptors (Lipinski definition) is 6. The average molecular weight is 509 g/mol. The molecule has 2 aromatic carbocycles. The lowest BCUT2D eigenvalue weighted by molar-refractivity contribution is -0.0507. The first-order chi connectivity index (χ1) is 18.8. The van der Waals surface area contributed by atoms with Crippen LogP contribution in [-0.4, -0.2) is 49.0 Å². The number of benzene rings is 2. The summed E-state index contributed by atoms with van der Waals surface area (Å²) >= 11 is 0.